The second-order valence-corrected chi connectivity index (χ2v) is 10.8. The first-order valence-corrected chi connectivity index (χ1v) is 12.7. The lowest BCUT2D eigenvalue weighted by Gasteiger charge is -2.23. The fraction of sp³-hybridized carbons (Fsp3) is 0.500. The highest BCUT2D eigenvalue weighted by molar-refractivity contribution is 8.34. The van der Waals surface area contributed by atoms with Crippen molar-refractivity contribution in [2.24, 2.45) is 10.7 Å². The molecule has 30 heavy (non-hydrogen) atoms. The fourth-order valence-electron chi connectivity index (χ4n) is 4.35. The van der Waals surface area contributed by atoms with E-state index in [9.17, 15) is 9.00 Å². The highest BCUT2D eigenvalue weighted by Crippen LogP contribution is 2.38. The van der Waals surface area contributed by atoms with Crippen LogP contribution in [0.15, 0.2) is 22.2 Å². The highest BCUT2D eigenvalue weighted by atomic mass is 32.8. The average Bonchev–Trinajstić information content (AvgIpc) is 3.37. The second kappa shape index (κ2) is 8.52. The molecule has 1 aromatic rings. The number of urea groups is 1. The van der Waals surface area contributed by atoms with Gasteiger partial charge in [0.05, 0.1) is 12.6 Å². The lowest BCUT2D eigenvalue weighted by atomic mass is 9.99. The van der Waals surface area contributed by atoms with Gasteiger partial charge in [0.2, 0.25) is 5.90 Å². The van der Waals surface area contributed by atoms with E-state index in [1.54, 1.807) is 0 Å². The Labute approximate surface area is 181 Å². The number of nitrogens with one attached hydrogen (secondary N) is 3. The van der Waals surface area contributed by atoms with Crippen molar-refractivity contribution in [3.8, 4) is 0 Å². The van der Waals surface area contributed by atoms with Crippen molar-refractivity contribution < 1.29 is 13.7 Å². The van der Waals surface area contributed by atoms with E-state index >= 15 is 0 Å². The molecule has 3 aliphatic rings. The number of rotatable bonds is 5. The third-order valence-corrected chi connectivity index (χ3v) is 8.01. The van der Waals surface area contributed by atoms with E-state index in [2.05, 4.69) is 26.4 Å². The predicted octanol–water partition coefficient (Wildman–Crippen LogP) is 1.26. The number of nitrogens with two attached hydrogens (primary N) is 1. The maximum atomic E-state index is 13.2. The Kier molecular flexibility index (Phi) is 5.99. The SMILES string of the molecule is CNC1CN=C(C(=CN)S(=O)(=S)NC(=O)Nc2c3c(cc4c2CCC4)CCC3)OC1. The van der Waals surface area contributed by atoms with Crippen LogP contribution in [0.4, 0.5) is 10.5 Å². The number of amides is 2. The van der Waals surface area contributed by atoms with Crippen LogP contribution < -0.4 is 21.1 Å². The number of ether oxygens (including phenoxy) is 1. The van der Waals surface area contributed by atoms with Gasteiger partial charge < -0.3 is 21.1 Å². The molecular formula is C20H27N5O3S2. The quantitative estimate of drug-likeness (QED) is 0.538. The second-order valence-electron chi connectivity index (χ2n) is 7.77. The summed E-state index contributed by atoms with van der Waals surface area (Å²) in [6.07, 6.45) is 7.20. The van der Waals surface area contributed by atoms with Crippen molar-refractivity contribution in [1.82, 2.24) is 10.0 Å². The number of hydrogen-bond acceptors (Lipinski definition) is 7. The first kappa shape index (κ1) is 21.1. The molecule has 162 valence electrons. The van der Waals surface area contributed by atoms with E-state index in [-0.39, 0.29) is 16.8 Å². The summed E-state index contributed by atoms with van der Waals surface area (Å²) in [5.41, 5.74) is 11.5. The Morgan fingerprint density at radius 2 is 1.93 bits per heavy atom. The molecule has 8 nitrogen and oxygen atoms in total. The van der Waals surface area contributed by atoms with Crippen LogP contribution in [0.3, 0.4) is 0 Å². The number of hydrogen-bond donors (Lipinski definition) is 4. The van der Waals surface area contributed by atoms with Crippen LogP contribution in [0, 0.1) is 0 Å². The first-order chi connectivity index (χ1) is 14.4. The Balaban J connectivity index is 1.53. The first-order valence-electron chi connectivity index (χ1n) is 10.2. The minimum atomic E-state index is -3.41. The van der Waals surface area contributed by atoms with E-state index in [0.717, 1.165) is 50.4 Å². The number of carbonyl (C=O) groups is 1. The minimum absolute atomic E-state index is 0.0192. The summed E-state index contributed by atoms with van der Waals surface area (Å²) < 4.78 is 21.1. The zero-order valence-electron chi connectivity index (χ0n) is 17.0. The lowest BCUT2D eigenvalue weighted by Crippen LogP contribution is -2.41. The summed E-state index contributed by atoms with van der Waals surface area (Å²) in [6.45, 7) is 0.800. The zero-order chi connectivity index (χ0) is 21.3. The van der Waals surface area contributed by atoms with E-state index < -0.39 is 14.7 Å². The Morgan fingerprint density at radius 3 is 2.47 bits per heavy atom. The molecule has 0 spiro atoms. The number of anilines is 1. The van der Waals surface area contributed by atoms with Crippen LogP contribution in [0.1, 0.15) is 35.1 Å². The third-order valence-electron chi connectivity index (χ3n) is 5.88. The molecule has 10 heteroatoms. The number of fused-ring (bicyclic) bond motifs is 2. The largest absolute Gasteiger partial charge is 0.475 e. The lowest BCUT2D eigenvalue weighted by molar-refractivity contribution is 0.244. The molecule has 2 atom stereocenters. The number of aliphatic imine (C=N–C) groups is 1. The summed E-state index contributed by atoms with van der Waals surface area (Å²) >= 11 is 5.22. The number of nitrogens with zero attached hydrogens (tertiary/aromatic N) is 1. The van der Waals surface area contributed by atoms with Gasteiger partial charge in [-0.3, -0.25) is 4.72 Å². The summed E-state index contributed by atoms with van der Waals surface area (Å²) in [4.78, 5) is 17.1. The topological polar surface area (TPSA) is 118 Å². The van der Waals surface area contributed by atoms with Gasteiger partial charge in [-0.2, -0.15) is 0 Å². The molecule has 4 rings (SSSR count). The van der Waals surface area contributed by atoms with E-state index in [1.165, 1.54) is 22.3 Å². The monoisotopic (exact) mass is 449 g/mol. The van der Waals surface area contributed by atoms with Crippen LogP contribution in [0.5, 0.6) is 0 Å². The van der Waals surface area contributed by atoms with Gasteiger partial charge in [0.15, 0.2) is 0 Å². The van der Waals surface area contributed by atoms with Gasteiger partial charge in [0.25, 0.3) is 0 Å². The standard InChI is InChI=1S/C20H27N5O3S2/c1-22-14-10-23-19(28-11-14)17(9-21)30(27,29)25-20(26)24-18-15-6-2-4-12(15)8-13-5-3-7-16(13)18/h8-9,14,22H,2-7,10-11,21H2,1H3,(H2,24,25,26). The highest BCUT2D eigenvalue weighted by Gasteiger charge is 2.28. The van der Waals surface area contributed by atoms with Crippen molar-refractivity contribution in [3.05, 3.63) is 39.4 Å². The van der Waals surface area contributed by atoms with Crippen molar-refractivity contribution in [2.75, 3.05) is 25.5 Å². The zero-order valence-corrected chi connectivity index (χ0v) is 18.6. The predicted molar refractivity (Wildman–Crippen MR) is 122 cm³/mol. The van der Waals surface area contributed by atoms with Crippen molar-refractivity contribution in [3.63, 3.8) is 0 Å². The molecule has 0 aromatic heterocycles. The Morgan fingerprint density at radius 1 is 1.27 bits per heavy atom. The molecular weight excluding hydrogens is 422 g/mol. The number of likely N-dealkylation sites (N-methyl/N-ethyl adjacent to an activating group) is 1. The van der Waals surface area contributed by atoms with Crippen molar-refractivity contribution >= 4 is 37.5 Å². The Hall–Kier alpha value is -2.17. The van der Waals surface area contributed by atoms with Crippen LogP contribution in [0.25, 0.3) is 0 Å². The summed E-state index contributed by atoms with van der Waals surface area (Å²) in [6, 6.07) is 1.75. The van der Waals surface area contributed by atoms with Crippen molar-refractivity contribution in [2.45, 2.75) is 44.6 Å². The number of aryl methyl sites for hydroxylation is 2. The molecule has 2 aliphatic carbocycles. The molecule has 0 saturated heterocycles. The summed E-state index contributed by atoms with van der Waals surface area (Å²) in [7, 11) is -1.60. The molecule has 1 heterocycles. The number of carbonyl (C=O) groups excluding carboxylic acids is 1. The third kappa shape index (κ3) is 4.03. The molecule has 1 aliphatic heterocycles. The summed E-state index contributed by atoms with van der Waals surface area (Å²) in [5.74, 6) is 0.116. The van der Waals surface area contributed by atoms with Gasteiger partial charge in [0.1, 0.15) is 20.2 Å². The minimum Gasteiger partial charge on any atom is -0.475 e. The maximum absolute atomic E-state index is 13.2. The normalized spacial score (nSPS) is 22.4. The van der Waals surface area contributed by atoms with Crippen molar-refractivity contribution in [1.29, 1.82) is 0 Å². The molecule has 0 fully saturated rings. The molecule has 1 aromatic carbocycles. The van der Waals surface area contributed by atoms with Gasteiger partial charge in [0, 0.05) is 23.1 Å². The van der Waals surface area contributed by atoms with Gasteiger partial charge >= 0.3 is 6.03 Å². The van der Waals surface area contributed by atoms with Gasteiger partial charge in [-0.05, 0) is 67.8 Å². The van der Waals surface area contributed by atoms with Gasteiger partial charge in [-0.25, -0.2) is 14.0 Å². The van der Waals surface area contributed by atoms with Crippen LogP contribution in [-0.4, -0.2) is 42.4 Å². The van der Waals surface area contributed by atoms with E-state index in [4.69, 9.17) is 21.7 Å². The van der Waals surface area contributed by atoms with Crippen LogP contribution >= 0.6 is 0 Å². The molecule has 0 radical (unpaired) electrons. The van der Waals surface area contributed by atoms with Crippen LogP contribution in [0.2, 0.25) is 0 Å². The molecule has 5 N–H and O–H groups in total. The summed E-state index contributed by atoms with van der Waals surface area (Å²) in [5, 5.41) is 6.00. The molecule has 2 unspecified atom stereocenters. The molecule has 2 amide bonds. The van der Waals surface area contributed by atoms with Crippen LogP contribution in [-0.2, 0) is 50.3 Å². The smallest absolute Gasteiger partial charge is 0.331 e. The molecule has 0 saturated carbocycles. The maximum Gasteiger partial charge on any atom is 0.331 e. The van der Waals surface area contributed by atoms with E-state index in [0.29, 0.717) is 13.2 Å². The van der Waals surface area contributed by atoms with Gasteiger partial charge in [-0.1, -0.05) is 6.07 Å². The fourth-order valence-corrected chi connectivity index (χ4v) is 5.90. The average molecular weight is 450 g/mol. The Bertz CT molecular complexity index is 1000. The van der Waals surface area contributed by atoms with E-state index in [1.807, 2.05) is 7.05 Å². The molecule has 0 bridgehead atoms. The van der Waals surface area contributed by atoms with Gasteiger partial charge in [-0.15, -0.1) is 0 Å². The number of benzene rings is 1.